The number of amides is 1. The molecule has 0 aliphatic carbocycles. The smallest absolute Gasteiger partial charge is 0.223 e. The van der Waals surface area contributed by atoms with Crippen molar-refractivity contribution in [3.8, 4) is 0 Å². The minimum Gasteiger partial charge on any atom is -0.356 e. The first-order valence-electron chi connectivity index (χ1n) is 8.41. The number of pyridine rings is 1. The van der Waals surface area contributed by atoms with Gasteiger partial charge in [0.1, 0.15) is 17.0 Å². The first kappa shape index (κ1) is 16.0. The van der Waals surface area contributed by atoms with E-state index in [1.807, 2.05) is 17.5 Å². The molecule has 1 aliphatic rings. The maximum atomic E-state index is 12.4. The van der Waals surface area contributed by atoms with Crippen LogP contribution in [0.4, 0.5) is 5.82 Å². The number of aromatic nitrogens is 3. The van der Waals surface area contributed by atoms with Gasteiger partial charge in [0.05, 0.1) is 5.39 Å². The van der Waals surface area contributed by atoms with E-state index in [1.165, 1.54) is 0 Å². The molecule has 0 aromatic carbocycles. The van der Waals surface area contributed by atoms with Gasteiger partial charge in [-0.2, -0.15) is 0 Å². The molecule has 3 aromatic rings. The standard InChI is InChI=1S/C18H19N5OS/c24-17(20-11-13-2-1-6-19-10-13)14-3-7-23(8-4-14)16-15-5-9-25-18(15)22-12-21-16/h1-2,5-6,9-10,12,14H,3-4,7-8,11H2,(H,20,24). The van der Waals surface area contributed by atoms with E-state index in [-0.39, 0.29) is 11.8 Å². The van der Waals surface area contributed by atoms with Gasteiger partial charge in [-0.1, -0.05) is 6.07 Å². The van der Waals surface area contributed by atoms with E-state index in [9.17, 15) is 4.79 Å². The summed E-state index contributed by atoms with van der Waals surface area (Å²) in [6.45, 7) is 2.22. The van der Waals surface area contributed by atoms with Crippen LogP contribution in [-0.2, 0) is 11.3 Å². The van der Waals surface area contributed by atoms with E-state index in [4.69, 9.17) is 0 Å². The summed E-state index contributed by atoms with van der Waals surface area (Å²) in [5, 5.41) is 6.17. The van der Waals surface area contributed by atoms with E-state index >= 15 is 0 Å². The SMILES string of the molecule is O=C(NCc1cccnc1)C1CCN(c2ncnc3sccc23)CC1. The molecule has 0 spiro atoms. The van der Waals surface area contributed by atoms with Gasteiger partial charge in [-0.05, 0) is 35.9 Å². The van der Waals surface area contributed by atoms with Crippen molar-refractivity contribution in [2.75, 3.05) is 18.0 Å². The highest BCUT2D eigenvalue weighted by molar-refractivity contribution is 7.16. The lowest BCUT2D eigenvalue weighted by atomic mass is 9.95. The average molecular weight is 353 g/mol. The maximum absolute atomic E-state index is 12.4. The molecule has 25 heavy (non-hydrogen) atoms. The molecule has 0 radical (unpaired) electrons. The number of nitrogens with one attached hydrogen (secondary N) is 1. The zero-order chi connectivity index (χ0) is 17.1. The Bertz CT molecular complexity index is 858. The van der Waals surface area contributed by atoms with Gasteiger partial charge < -0.3 is 10.2 Å². The van der Waals surface area contributed by atoms with Crippen molar-refractivity contribution in [2.24, 2.45) is 5.92 Å². The number of carbonyl (C=O) groups excluding carboxylic acids is 1. The van der Waals surface area contributed by atoms with Crippen LogP contribution in [-0.4, -0.2) is 33.9 Å². The largest absolute Gasteiger partial charge is 0.356 e. The van der Waals surface area contributed by atoms with Gasteiger partial charge in [-0.3, -0.25) is 9.78 Å². The minimum absolute atomic E-state index is 0.0627. The van der Waals surface area contributed by atoms with Crippen molar-refractivity contribution in [3.63, 3.8) is 0 Å². The van der Waals surface area contributed by atoms with Crippen molar-refractivity contribution in [1.82, 2.24) is 20.3 Å². The van der Waals surface area contributed by atoms with Crippen LogP contribution in [0, 0.1) is 5.92 Å². The molecule has 0 saturated carbocycles. The molecular formula is C18H19N5OS. The fourth-order valence-corrected chi connectivity index (χ4v) is 3.95. The third kappa shape index (κ3) is 3.46. The van der Waals surface area contributed by atoms with Crippen LogP contribution in [0.5, 0.6) is 0 Å². The summed E-state index contributed by atoms with van der Waals surface area (Å²) < 4.78 is 0. The first-order chi connectivity index (χ1) is 12.3. The minimum atomic E-state index is 0.0627. The highest BCUT2D eigenvalue weighted by Gasteiger charge is 2.26. The van der Waals surface area contributed by atoms with Gasteiger partial charge in [0.2, 0.25) is 5.91 Å². The van der Waals surface area contributed by atoms with Crippen LogP contribution < -0.4 is 10.2 Å². The second-order valence-corrected chi connectivity index (χ2v) is 7.07. The summed E-state index contributed by atoms with van der Waals surface area (Å²) in [6, 6.07) is 5.92. The predicted octanol–water partition coefficient (Wildman–Crippen LogP) is 2.62. The molecule has 128 valence electrons. The van der Waals surface area contributed by atoms with Gasteiger partial charge in [-0.25, -0.2) is 9.97 Å². The molecular weight excluding hydrogens is 334 g/mol. The topological polar surface area (TPSA) is 71.0 Å². The summed E-state index contributed by atoms with van der Waals surface area (Å²) >= 11 is 1.63. The Morgan fingerprint density at radius 3 is 2.96 bits per heavy atom. The zero-order valence-electron chi connectivity index (χ0n) is 13.8. The third-order valence-electron chi connectivity index (χ3n) is 4.60. The fraction of sp³-hybridized carbons (Fsp3) is 0.333. The van der Waals surface area contributed by atoms with Gasteiger partial charge in [0, 0.05) is 37.9 Å². The number of hydrogen-bond acceptors (Lipinski definition) is 6. The van der Waals surface area contributed by atoms with E-state index in [0.29, 0.717) is 6.54 Å². The summed E-state index contributed by atoms with van der Waals surface area (Å²) in [6.07, 6.45) is 6.83. The summed E-state index contributed by atoms with van der Waals surface area (Å²) in [4.78, 5) is 28.5. The number of fused-ring (bicyclic) bond motifs is 1. The molecule has 4 heterocycles. The van der Waals surface area contributed by atoms with Crippen LogP contribution in [0.15, 0.2) is 42.3 Å². The van der Waals surface area contributed by atoms with Crippen molar-refractivity contribution >= 4 is 33.3 Å². The highest BCUT2D eigenvalue weighted by atomic mass is 32.1. The van der Waals surface area contributed by atoms with Crippen LogP contribution in [0.1, 0.15) is 18.4 Å². The van der Waals surface area contributed by atoms with Crippen LogP contribution in [0.2, 0.25) is 0 Å². The Hall–Kier alpha value is -2.54. The molecule has 0 unspecified atom stereocenters. The molecule has 7 heteroatoms. The molecule has 1 amide bonds. The number of rotatable bonds is 4. The van der Waals surface area contributed by atoms with Gasteiger partial charge in [0.25, 0.3) is 0 Å². The number of piperidine rings is 1. The molecule has 0 atom stereocenters. The number of hydrogen-bond donors (Lipinski definition) is 1. The van der Waals surface area contributed by atoms with E-state index < -0.39 is 0 Å². The molecule has 3 aromatic heterocycles. The lowest BCUT2D eigenvalue weighted by Gasteiger charge is -2.32. The van der Waals surface area contributed by atoms with Crippen molar-refractivity contribution in [2.45, 2.75) is 19.4 Å². The maximum Gasteiger partial charge on any atom is 0.223 e. The van der Waals surface area contributed by atoms with Crippen LogP contribution in [0.25, 0.3) is 10.2 Å². The summed E-state index contributed by atoms with van der Waals surface area (Å²) in [7, 11) is 0. The molecule has 1 aliphatic heterocycles. The lowest BCUT2D eigenvalue weighted by Crippen LogP contribution is -2.40. The lowest BCUT2D eigenvalue weighted by molar-refractivity contribution is -0.125. The van der Waals surface area contributed by atoms with E-state index in [1.54, 1.807) is 30.1 Å². The van der Waals surface area contributed by atoms with Gasteiger partial charge >= 0.3 is 0 Å². The number of carbonyl (C=O) groups is 1. The predicted molar refractivity (Wildman–Crippen MR) is 98.4 cm³/mol. The van der Waals surface area contributed by atoms with Crippen LogP contribution >= 0.6 is 11.3 Å². The second kappa shape index (κ2) is 7.14. The molecule has 1 saturated heterocycles. The Morgan fingerprint density at radius 1 is 1.28 bits per heavy atom. The molecule has 1 fully saturated rings. The van der Waals surface area contributed by atoms with Crippen molar-refractivity contribution in [1.29, 1.82) is 0 Å². The summed E-state index contributed by atoms with van der Waals surface area (Å²) in [5.41, 5.74) is 1.02. The average Bonchev–Trinajstić information content (AvgIpc) is 3.16. The number of thiophene rings is 1. The van der Waals surface area contributed by atoms with E-state index in [0.717, 1.165) is 47.5 Å². The van der Waals surface area contributed by atoms with Crippen LogP contribution in [0.3, 0.4) is 0 Å². The van der Waals surface area contributed by atoms with Crippen molar-refractivity contribution < 1.29 is 4.79 Å². The van der Waals surface area contributed by atoms with E-state index in [2.05, 4.69) is 31.2 Å². The van der Waals surface area contributed by atoms with Crippen molar-refractivity contribution in [3.05, 3.63) is 47.9 Å². The van der Waals surface area contributed by atoms with Gasteiger partial charge in [0.15, 0.2) is 0 Å². The Kier molecular flexibility index (Phi) is 4.56. The normalized spacial score (nSPS) is 15.4. The first-order valence-corrected chi connectivity index (χ1v) is 9.29. The molecule has 4 rings (SSSR count). The Labute approximate surface area is 149 Å². The fourth-order valence-electron chi connectivity index (χ4n) is 3.22. The van der Waals surface area contributed by atoms with Gasteiger partial charge in [-0.15, -0.1) is 11.3 Å². The molecule has 6 nitrogen and oxygen atoms in total. The molecule has 0 bridgehead atoms. The second-order valence-electron chi connectivity index (χ2n) is 6.18. The summed E-state index contributed by atoms with van der Waals surface area (Å²) in [5.74, 6) is 1.18. The molecule has 1 N–H and O–H groups in total. The monoisotopic (exact) mass is 353 g/mol. The highest BCUT2D eigenvalue weighted by Crippen LogP contribution is 2.29. The number of anilines is 1. The zero-order valence-corrected chi connectivity index (χ0v) is 14.6. The quantitative estimate of drug-likeness (QED) is 0.781. The Morgan fingerprint density at radius 2 is 2.16 bits per heavy atom. The third-order valence-corrected chi connectivity index (χ3v) is 5.42. The Balaban J connectivity index is 1.35. The number of nitrogens with zero attached hydrogens (tertiary/aromatic N) is 4.